The molecule has 2 aromatic carbocycles. The minimum atomic E-state index is -4.52. The van der Waals surface area contributed by atoms with Crippen LogP contribution in [0.2, 0.25) is 0 Å². The second-order valence-corrected chi connectivity index (χ2v) is 5.27. The van der Waals surface area contributed by atoms with Crippen LogP contribution in [0.3, 0.4) is 0 Å². The molecule has 0 aromatic heterocycles. The van der Waals surface area contributed by atoms with Crippen LogP contribution in [-0.4, -0.2) is 6.10 Å². The van der Waals surface area contributed by atoms with Crippen LogP contribution in [0, 0.1) is 11.6 Å². The zero-order chi connectivity index (χ0) is 16.1. The van der Waals surface area contributed by atoms with Crippen LogP contribution in [0.5, 0.6) is 5.75 Å². The second kappa shape index (κ2) is 4.97. The molecule has 0 bridgehead atoms. The van der Waals surface area contributed by atoms with Gasteiger partial charge in [-0.2, -0.15) is 13.2 Å². The van der Waals surface area contributed by atoms with Gasteiger partial charge in [-0.1, -0.05) is 6.07 Å². The highest BCUT2D eigenvalue weighted by atomic mass is 19.4. The number of alkyl halides is 3. The highest BCUT2D eigenvalue weighted by molar-refractivity contribution is 5.74. The maximum absolute atomic E-state index is 13.4. The SMILES string of the molecule is CC1Cc2cc(C(F)(F)F)cc(-c3ccc(F)c(F)c3)c2O1. The minimum Gasteiger partial charge on any atom is -0.489 e. The summed E-state index contributed by atoms with van der Waals surface area (Å²) in [6.45, 7) is 1.74. The lowest BCUT2D eigenvalue weighted by atomic mass is 9.97. The normalized spacial score (nSPS) is 17.3. The Morgan fingerprint density at radius 2 is 1.77 bits per heavy atom. The summed E-state index contributed by atoms with van der Waals surface area (Å²) < 4.78 is 71.0. The van der Waals surface area contributed by atoms with Crippen molar-refractivity contribution < 1.29 is 26.7 Å². The van der Waals surface area contributed by atoms with Crippen LogP contribution in [0.4, 0.5) is 22.0 Å². The van der Waals surface area contributed by atoms with Crippen LogP contribution in [-0.2, 0) is 12.6 Å². The van der Waals surface area contributed by atoms with Crippen molar-refractivity contribution in [2.45, 2.75) is 25.6 Å². The monoisotopic (exact) mass is 314 g/mol. The number of rotatable bonds is 1. The van der Waals surface area contributed by atoms with E-state index in [9.17, 15) is 22.0 Å². The number of ether oxygens (including phenoxy) is 1. The summed E-state index contributed by atoms with van der Waals surface area (Å²) in [5.74, 6) is -1.87. The lowest BCUT2D eigenvalue weighted by Gasteiger charge is -2.14. The van der Waals surface area contributed by atoms with Gasteiger partial charge >= 0.3 is 6.18 Å². The Morgan fingerprint density at radius 3 is 2.41 bits per heavy atom. The fourth-order valence-electron chi connectivity index (χ4n) is 2.57. The molecule has 0 saturated heterocycles. The summed E-state index contributed by atoms with van der Waals surface area (Å²) in [5.41, 5.74) is -0.144. The largest absolute Gasteiger partial charge is 0.489 e. The minimum absolute atomic E-state index is 0.119. The summed E-state index contributed by atoms with van der Waals surface area (Å²) >= 11 is 0. The smallest absolute Gasteiger partial charge is 0.416 e. The molecule has 0 saturated carbocycles. The van der Waals surface area contributed by atoms with E-state index in [2.05, 4.69) is 0 Å². The highest BCUT2D eigenvalue weighted by Crippen LogP contribution is 2.43. The van der Waals surface area contributed by atoms with Gasteiger partial charge in [0, 0.05) is 12.0 Å². The van der Waals surface area contributed by atoms with Gasteiger partial charge in [0.25, 0.3) is 0 Å². The van der Waals surface area contributed by atoms with Gasteiger partial charge < -0.3 is 4.74 Å². The van der Waals surface area contributed by atoms with E-state index in [1.165, 1.54) is 6.07 Å². The zero-order valence-electron chi connectivity index (χ0n) is 11.5. The van der Waals surface area contributed by atoms with Crippen molar-refractivity contribution in [1.29, 1.82) is 0 Å². The molecular formula is C16H11F5O. The number of hydrogen-bond donors (Lipinski definition) is 0. The Bertz CT molecular complexity index is 736. The molecule has 1 aliphatic heterocycles. The van der Waals surface area contributed by atoms with Crippen LogP contribution in [0.25, 0.3) is 11.1 Å². The lowest BCUT2D eigenvalue weighted by molar-refractivity contribution is -0.137. The molecule has 1 unspecified atom stereocenters. The third kappa shape index (κ3) is 2.53. The molecule has 0 aliphatic carbocycles. The highest BCUT2D eigenvalue weighted by Gasteiger charge is 2.34. The van der Waals surface area contributed by atoms with Crippen molar-refractivity contribution in [1.82, 2.24) is 0 Å². The van der Waals surface area contributed by atoms with Gasteiger partial charge in [-0.05, 0) is 42.3 Å². The van der Waals surface area contributed by atoms with Crippen molar-refractivity contribution in [2.75, 3.05) is 0 Å². The molecule has 1 heterocycles. The van der Waals surface area contributed by atoms with E-state index in [4.69, 9.17) is 4.74 Å². The van der Waals surface area contributed by atoms with Crippen LogP contribution < -0.4 is 4.74 Å². The molecule has 1 aliphatic rings. The van der Waals surface area contributed by atoms with E-state index >= 15 is 0 Å². The first kappa shape index (κ1) is 14.8. The average Bonchev–Trinajstić information content (AvgIpc) is 2.80. The second-order valence-electron chi connectivity index (χ2n) is 5.27. The van der Waals surface area contributed by atoms with Gasteiger partial charge in [0.1, 0.15) is 11.9 Å². The molecule has 3 rings (SSSR count). The summed E-state index contributed by atoms with van der Waals surface area (Å²) in [7, 11) is 0. The van der Waals surface area contributed by atoms with Crippen LogP contribution in [0.1, 0.15) is 18.1 Å². The molecule has 6 heteroatoms. The standard InChI is InChI=1S/C16H11F5O/c1-8-4-10-5-11(16(19,20)21)7-12(15(10)22-8)9-2-3-13(17)14(18)6-9/h2-3,5-8H,4H2,1H3. The van der Waals surface area contributed by atoms with Crippen LogP contribution >= 0.6 is 0 Å². The molecular weight excluding hydrogens is 303 g/mol. The quantitative estimate of drug-likeness (QED) is 0.675. The van der Waals surface area contributed by atoms with Gasteiger partial charge in [0.05, 0.1) is 5.56 Å². The molecule has 0 fully saturated rings. The summed E-state index contributed by atoms with van der Waals surface area (Å²) in [5, 5.41) is 0. The van der Waals surface area contributed by atoms with Crippen LogP contribution in [0.15, 0.2) is 30.3 Å². The predicted octanol–water partition coefficient (Wildman–Crippen LogP) is 4.97. The van der Waals surface area contributed by atoms with E-state index in [-0.39, 0.29) is 17.2 Å². The van der Waals surface area contributed by atoms with Gasteiger partial charge in [0.2, 0.25) is 0 Å². The van der Waals surface area contributed by atoms with E-state index in [1.54, 1.807) is 6.92 Å². The van der Waals surface area contributed by atoms with E-state index in [0.29, 0.717) is 17.7 Å². The van der Waals surface area contributed by atoms with E-state index in [0.717, 1.165) is 24.3 Å². The van der Waals surface area contributed by atoms with E-state index in [1.807, 2.05) is 0 Å². The Labute approximate surface area is 123 Å². The molecule has 1 atom stereocenters. The number of halogens is 5. The van der Waals surface area contributed by atoms with Crippen molar-refractivity contribution >= 4 is 0 Å². The Kier molecular flexibility index (Phi) is 3.34. The lowest BCUT2D eigenvalue weighted by Crippen LogP contribution is -2.06. The Balaban J connectivity index is 2.21. The first-order valence-electron chi connectivity index (χ1n) is 6.62. The molecule has 1 nitrogen and oxygen atoms in total. The third-order valence-corrected chi connectivity index (χ3v) is 3.55. The Hall–Kier alpha value is -2.11. The first-order chi connectivity index (χ1) is 10.3. The summed E-state index contributed by atoms with van der Waals surface area (Å²) in [4.78, 5) is 0. The topological polar surface area (TPSA) is 9.23 Å². The Morgan fingerprint density at radius 1 is 1.05 bits per heavy atom. The number of hydrogen-bond acceptors (Lipinski definition) is 1. The van der Waals surface area contributed by atoms with Crippen molar-refractivity contribution in [3.8, 4) is 16.9 Å². The summed E-state index contributed by atoms with van der Waals surface area (Å²) in [6, 6.07) is 4.94. The van der Waals surface area contributed by atoms with E-state index < -0.39 is 23.4 Å². The average molecular weight is 314 g/mol. The summed E-state index contributed by atoms with van der Waals surface area (Å²) in [6.07, 6.45) is -4.44. The number of fused-ring (bicyclic) bond motifs is 1. The molecule has 22 heavy (non-hydrogen) atoms. The zero-order valence-corrected chi connectivity index (χ0v) is 11.5. The van der Waals surface area contributed by atoms with Gasteiger partial charge in [0.15, 0.2) is 11.6 Å². The molecule has 116 valence electrons. The van der Waals surface area contributed by atoms with Crippen molar-refractivity contribution in [3.63, 3.8) is 0 Å². The predicted molar refractivity (Wildman–Crippen MR) is 70.6 cm³/mol. The van der Waals surface area contributed by atoms with Gasteiger partial charge in [-0.25, -0.2) is 8.78 Å². The third-order valence-electron chi connectivity index (χ3n) is 3.55. The molecule has 2 aromatic rings. The maximum Gasteiger partial charge on any atom is 0.416 e. The maximum atomic E-state index is 13.4. The molecule has 0 spiro atoms. The van der Waals surface area contributed by atoms with Gasteiger partial charge in [-0.15, -0.1) is 0 Å². The number of benzene rings is 2. The fourth-order valence-corrected chi connectivity index (χ4v) is 2.57. The first-order valence-corrected chi connectivity index (χ1v) is 6.62. The van der Waals surface area contributed by atoms with Gasteiger partial charge in [-0.3, -0.25) is 0 Å². The molecule has 0 N–H and O–H groups in total. The van der Waals surface area contributed by atoms with Crippen molar-refractivity contribution in [2.24, 2.45) is 0 Å². The van der Waals surface area contributed by atoms with Crippen molar-refractivity contribution in [3.05, 3.63) is 53.1 Å². The molecule has 0 amide bonds. The fraction of sp³-hybridized carbons (Fsp3) is 0.250. The molecule has 0 radical (unpaired) electrons.